The first kappa shape index (κ1) is 13.9. The highest BCUT2D eigenvalue weighted by Crippen LogP contribution is 2.24. The van der Waals surface area contributed by atoms with Crippen LogP contribution in [0.15, 0.2) is 24.3 Å². The average Bonchev–Trinajstić information content (AvgIpc) is 3.11. The summed E-state index contributed by atoms with van der Waals surface area (Å²) >= 11 is 0. The standard InChI is InChI=1S/C14H14F2N2O3/c15-14(16)18-11-4-2-1-3-10(11)17-12(18)8-21-13(19)9-5-6-20-7-9/h1-4,9,14H,5-8H2. The lowest BCUT2D eigenvalue weighted by atomic mass is 10.1. The molecule has 1 atom stereocenters. The number of hydrogen-bond donors (Lipinski definition) is 0. The molecule has 21 heavy (non-hydrogen) atoms. The number of rotatable bonds is 4. The van der Waals surface area contributed by atoms with E-state index in [1.165, 1.54) is 0 Å². The van der Waals surface area contributed by atoms with Gasteiger partial charge in [-0.1, -0.05) is 12.1 Å². The number of nitrogens with zero attached hydrogens (tertiary/aromatic N) is 2. The van der Waals surface area contributed by atoms with E-state index in [4.69, 9.17) is 9.47 Å². The molecular weight excluding hydrogens is 282 g/mol. The van der Waals surface area contributed by atoms with Gasteiger partial charge >= 0.3 is 12.5 Å². The maximum atomic E-state index is 13.2. The number of carbonyl (C=O) groups excluding carboxylic acids is 1. The van der Waals surface area contributed by atoms with Crippen LogP contribution in [-0.2, 0) is 20.9 Å². The molecule has 2 aromatic rings. The number of fused-ring (bicyclic) bond motifs is 1. The van der Waals surface area contributed by atoms with Crippen molar-refractivity contribution in [3.8, 4) is 0 Å². The predicted octanol–water partition coefficient (Wildman–Crippen LogP) is 2.51. The number of ether oxygens (including phenoxy) is 2. The molecule has 1 fully saturated rings. The highest BCUT2D eigenvalue weighted by molar-refractivity contribution is 5.76. The van der Waals surface area contributed by atoms with Crippen molar-refractivity contribution in [2.75, 3.05) is 13.2 Å². The number of imidazole rings is 1. The van der Waals surface area contributed by atoms with Gasteiger partial charge < -0.3 is 9.47 Å². The largest absolute Gasteiger partial charge is 0.457 e. The van der Waals surface area contributed by atoms with Gasteiger partial charge in [0.15, 0.2) is 5.82 Å². The molecule has 5 nitrogen and oxygen atoms in total. The number of benzene rings is 1. The Morgan fingerprint density at radius 1 is 1.48 bits per heavy atom. The fourth-order valence-corrected chi connectivity index (χ4v) is 2.39. The fraction of sp³-hybridized carbons (Fsp3) is 0.429. The lowest BCUT2D eigenvalue weighted by molar-refractivity contribution is -0.150. The van der Waals surface area contributed by atoms with Crippen LogP contribution in [0.1, 0.15) is 18.8 Å². The van der Waals surface area contributed by atoms with Gasteiger partial charge in [-0.2, -0.15) is 8.78 Å². The van der Waals surface area contributed by atoms with E-state index >= 15 is 0 Å². The van der Waals surface area contributed by atoms with Crippen molar-refractivity contribution in [2.45, 2.75) is 19.6 Å². The smallest absolute Gasteiger partial charge is 0.320 e. The summed E-state index contributed by atoms with van der Waals surface area (Å²) in [5.74, 6) is -0.701. The molecular formula is C14H14F2N2O3. The third kappa shape index (κ3) is 2.73. The second kappa shape index (κ2) is 5.77. The van der Waals surface area contributed by atoms with Crippen LogP contribution in [0, 0.1) is 5.92 Å². The predicted molar refractivity (Wildman–Crippen MR) is 69.7 cm³/mol. The molecule has 3 rings (SSSR count). The first-order valence-electron chi connectivity index (χ1n) is 6.65. The first-order valence-corrected chi connectivity index (χ1v) is 6.65. The Balaban J connectivity index is 1.79. The van der Waals surface area contributed by atoms with Crippen LogP contribution < -0.4 is 0 Å². The lowest BCUT2D eigenvalue weighted by Crippen LogP contribution is -2.18. The fourth-order valence-electron chi connectivity index (χ4n) is 2.39. The zero-order valence-corrected chi connectivity index (χ0v) is 11.2. The van der Waals surface area contributed by atoms with Crippen LogP contribution in [0.5, 0.6) is 0 Å². The van der Waals surface area contributed by atoms with Gasteiger partial charge in [0, 0.05) is 6.61 Å². The Labute approximate surface area is 119 Å². The van der Waals surface area contributed by atoms with Crippen molar-refractivity contribution < 1.29 is 23.0 Å². The molecule has 0 amide bonds. The Hall–Kier alpha value is -2.02. The van der Waals surface area contributed by atoms with Gasteiger partial charge in [-0.15, -0.1) is 0 Å². The summed E-state index contributed by atoms with van der Waals surface area (Å²) in [4.78, 5) is 15.9. The molecule has 1 aromatic carbocycles. The summed E-state index contributed by atoms with van der Waals surface area (Å²) < 4.78 is 37.3. The normalized spacial score (nSPS) is 18.5. The molecule has 2 heterocycles. The SMILES string of the molecule is O=C(OCc1nc2ccccc2n1C(F)F)C1CCOC1. The number of carbonyl (C=O) groups is 1. The zero-order valence-electron chi connectivity index (χ0n) is 11.2. The van der Waals surface area contributed by atoms with Gasteiger partial charge in [-0.3, -0.25) is 9.36 Å². The van der Waals surface area contributed by atoms with Crippen LogP contribution in [0.4, 0.5) is 8.78 Å². The minimum absolute atomic E-state index is 0.0402. The molecule has 7 heteroatoms. The maximum Gasteiger partial charge on any atom is 0.320 e. The van der Waals surface area contributed by atoms with E-state index < -0.39 is 12.5 Å². The van der Waals surface area contributed by atoms with E-state index in [1.807, 2.05) is 0 Å². The van der Waals surface area contributed by atoms with Crippen LogP contribution in [-0.4, -0.2) is 28.7 Å². The molecule has 0 aliphatic carbocycles. The molecule has 0 bridgehead atoms. The van der Waals surface area contributed by atoms with Crippen LogP contribution in [0.2, 0.25) is 0 Å². The number of para-hydroxylation sites is 2. The topological polar surface area (TPSA) is 53.3 Å². The quantitative estimate of drug-likeness (QED) is 0.814. The molecule has 112 valence electrons. The summed E-state index contributed by atoms with van der Waals surface area (Å²) in [6.07, 6.45) is 0.601. The van der Waals surface area contributed by atoms with Gasteiger partial charge in [0.2, 0.25) is 0 Å². The summed E-state index contributed by atoms with van der Waals surface area (Å²) in [6.45, 7) is -2.16. The molecule has 1 aromatic heterocycles. The van der Waals surface area contributed by atoms with E-state index in [2.05, 4.69) is 4.98 Å². The Kier molecular flexibility index (Phi) is 3.83. The number of alkyl halides is 2. The van der Waals surface area contributed by atoms with Gasteiger partial charge in [0.1, 0.15) is 6.61 Å². The minimum Gasteiger partial charge on any atom is -0.457 e. The van der Waals surface area contributed by atoms with E-state index in [-0.39, 0.29) is 18.3 Å². The maximum absolute atomic E-state index is 13.2. The number of esters is 1. The summed E-state index contributed by atoms with van der Waals surface area (Å²) in [5, 5.41) is 0. The summed E-state index contributed by atoms with van der Waals surface area (Å²) in [7, 11) is 0. The first-order chi connectivity index (χ1) is 10.2. The molecule has 1 unspecified atom stereocenters. The molecule has 0 spiro atoms. The highest BCUT2D eigenvalue weighted by Gasteiger charge is 2.26. The molecule has 1 aliphatic heterocycles. The van der Waals surface area contributed by atoms with Crippen LogP contribution in [0.3, 0.4) is 0 Å². The molecule has 0 N–H and O–H groups in total. The number of halogens is 2. The summed E-state index contributed by atoms with van der Waals surface area (Å²) in [5.41, 5.74) is 0.774. The van der Waals surface area contributed by atoms with E-state index in [1.54, 1.807) is 24.3 Å². The van der Waals surface area contributed by atoms with Gasteiger partial charge in [-0.05, 0) is 18.6 Å². The van der Waals surface area contributed by atoms with Crippen molar-refractivity contribution in [2.24, 2.45) is 5.92 Å². The molecule has 0 radical (unpaired) electrons. The second-order valence-corrected chi connectivity index (χ2v) is 4.83. The number of hydrogen-bond acceptors (Lipinski definition) is 4. The van der Waals surface area contributed by atoms with Crippen molar-refractivity contribution in [1.29, 1.82) is 0 Å². The second-order valence-electron chi connectivity index (χ2n) is 4.83. The zero-order chi connectivity index (χ0) is 14.8. The van der Waals surface area contributed by atoms with Crippen LogP contribution in [0.25, 0.3) is 11.0 Å². The van der Waals surface area contributed by atoms with Crippen molar-refractivity contribution in [3.63, 3.8) is 0 Å². The number of aromatic nitrogens is 2. The minimum atomic E-state index is -2.74. The molecule has 0 saturated carbocycles. The average molecular weight is 296 g/mol. The van der Waals surface area contributed by atoms with Gasteiger partial charge in [0.25, 0.3) is 0 Å². The van der Waals surface area contributed by atoms with E-state index in [0.29, 0.717) is 30.7 Å². The Bertz CT molecular complexity index is 651. The Morgan fingerprint density at radius 3 is 3.00 bits per heavy atom. The van der Waals surface area contributed by atoms with Crippen molar-refractivity contribution in [1.82, 2.24) is 9.55 Å². The Morgan fingerprint density at radius 2 is 2.29 bits per heavy atom. The van der Waals surface area contributed by atoms with Gasteiger partial charge in [0.05, 0.1) is 23.6 Å². The molecule has 1 aliphatic rings. The summed E-state index contributed by atoms with van der Waals surface area (Å²) in [6, 6.07) is 6.58. The van der Waals surface area contributed by atoms with Crippen LogP contribution >= 0.6 is 0 Å². The third-order valence-electron chi connectivity index (χ3n) is 3.47. The van der Waals surface area contributed by atoms with Crippen molar-refractivity contribution >= 4 is 17.0 Å². The third-order valence-corrected chi connectivity index (χ3v) is 3.47. The molecule has 1 saturated heterocycles. The lowest BCUT2D eigenvalue weighted by Gasteiger charge is -2.10. The van der Waals surface area contributed by atoms with Gasteiger partial charge in [-0.25, -0.2) is 4.98 Å². The van der Waals surface area contributed by atoms with E-state index in [9.17, 15) is 13.6 Å². The monoisotopic (exact) mass is 296 g/mol. The highest BCUT2D eigenvalue weighted by atomic mass is 19.3. The van der Waals surface area contributed by atoms with Crippen molar-refractivity contribution in [3.05, 3.63) is 30.1 Å². The van der Waals surface area contributed by atoms with E-state index in [0.717, 1.165) is 4.57 Å².